The minimum absolute atomic E-state index is 0.0407. The second kappa shape index (κ2) is 5.33. The first-order valence-corrected chi connectivity index (χ1v) is 6.60. The van der Waals surface area contributed by atoms with Crippen molar-refractivity contribution in [3.8, 4) is 0 Å². The quantitative estimate of drug-likeness (QED) is 0.888. The summed E-state index contributed by atoms with van der Waals surface area (Å²) in [5.41, 5.74) is -0.187. The monoisotopic (exact) mass is 271 g/mol. The summed E-state index contributed by atoms with van der Waals surface area (Å²) in [6.45, 7) is 2.15. The van der Waals surface area contributed by atoms with Gasteiger partial charge >= 0.3 is 0 Å². The first-order valence-electron chi connectivity index (χ1n) is 6.23. The Labute approximate surface area is 111 Å². The topological polar surface area (TPSA) is 62.5 Å². The van der Waals surface area contributed by atoms with Gasteiger partial charge in [0.1, 0.15) is 0 Å². The van der Waals surface area contributed by atoms with Gasteiger partial charge in [-0.3, -0.25) is 4.79 Å². The van der Waals surface area contributed by atoms with Gasteiger partial charge in [-0.25, -0.2) is 0 Å². The van der Waals surface area contributed by atoms with Crippen LogP contribution in [0.1, 0.15) is 43.0 Å². The molecule has 1 fully saturated rings. The summed E-state index contributed by atoms with van der Waals surface area (Å²) in [5.74, 6) is 0.372. The molecule has 1 heterocycles. The van der Waals surface area contributed by atoms with Crippen molar-refractivity contribution in [2.75, 3.05) is 6.61 Å². The lowest BCUT2D eigenvalue weighted by molar-refractivity contribution is 0.0716. The molecule has 0 radical (unpaired) electrons. The third-order valence-electron chi connectivity index (χ3n) is 3.78. The third-order valence-corrected chi connectivity index (χ3v) is 4.07. The lowest BCUT2D eigenvalue weighted by Crippen LogP contribution is -2.53. The van der Waals surface area contributed by atoms with E-state index in [1.54, 1.807) is 0 Å². The molecule has 1 aliphatic carbocycles. The number of hydrogen-bond donors (Lipinski definition) is 2. The van der Waals surface area contributed by atoms with Crippen molar-refractivity contribution in [1.29, 1.82) is 0 Å². The number of aliphatic hydroxyl groups is 1. The second-order valence-electron chi connectivity index (χ2n) is 5.18. The molecule has 0 spiro atoms. The van der Waals surface area contributed by atoms with E-state index in [0.717, 1.165) is 25.7 Å². The normalized spacial score (nSPS) is 28.1. The van der Waals surface area contributed by atoms with E-state index in [0.29, 0.717) is 11.5 Å². The number of nitrogens with one attached hydrogen (secondary N) is 1. The Morgan fingerprint density at radius 3 is 2.78 bits per heavy atom. The third kappa shape index (κ3) is 2.70. The van der Waals surface area contributed by atoms with Gasteiger partial charge in [0.25, 0.3) is 5.91 Å². The van der Waals surface area contributed by atoms with Crippen LogP contribution in [0.5, 0.6) is 0 Å². The van der Waals surface area contributed by atoms with Crippen molar-refractivity contribution in [1.82, 2.24) is 5.32 Å². The molecule has 1 aromatic rings. The molecule has 1 aliphatic rings. The number of rotatable bonds is 3. The van der Waals surface area contributed by atoms with Gasteiger partial charge in [0, 0.05) is 0 Å². The Balaban J connectivity index is 2.07. The second-order valence-corrected chi connectivity index (χ2v) is 5.53. The average molecular weight is 272 g/mol. The van der Waals surface area contributed by atoms with Gasteiger partial charge in [-0.15, -0.1) is 0 Å². The van der Waals surface area contributed by atoms with Crippen LogP contribution in [0, 0.1) is 5.92 Å². The molecular formula is C13H18ClNO3. The van der Waals surface area contributed by atoms with Crippen molar-refractivity contribution in [2.24, 2.45) is 5.92 Å². The van der Waals surface area contributed by atoms with Crippen molar-refractivity contribution >= 4 is 17.5 Å². The fraction of sp³-hybridized carbons (Fsp3) is 0.615. The molecule has 0 atom stereocenters. The largest absolute Gasteiger partial charge is 0.452 e. The highest BCUT2D eigenvalue weighted by molar-refractivity contribution is 6.32. The van der Waals surface area contributed by atoms with Crippen LogP contribution in [-0.4, -0.2) is 23.2 Å². The number of halogens is 1. The molecule has 0 aromatic carbocycles. The van der Waals surface area contributed by atoms with E-state index in [-0.39, 0.29) is 17.7 Å². The highest BCUT2D eigenvalue weighted by atomic mass is 35.5. The fourth-order valence-electron chi connectivity index (χ4n) is 2.40. The molecular weight excluding hydrogens is 254 g/mol. The molecule has 1 aromatic heterocycles. The summed E-state index contributed by atoms with van der Waals surface area (Å²) in [7, 11) is 0. The minimum Gasteiger partial charge on any atom is -0.452 e. The smallest absolute Gasteiger partial charge is 0.256 e. The van der Waals surface area contributed by atoms with Crippen LogP contribution >= 0.6 is 11.6 Å². The molecule has 1 saturated carbocycles. The Bertz CT molecular complexity index is 422. The van der Waals surface area contributed by atoms with Crippen molar-refractivity contribution in [2.45, 2.75) is 38.1 Å². The van der Waals surface area contributed by atoms with E-state index in [9.17, 15) is 9.90 Å². The number of carbonyl (C=O) groups excluding carboxylic acids is 1. The van der Waals surface area contributed by atoms with Gasteiger partial charge in [-0.1, -0.05) is 6.92 Å². The van der Waals surface area contributed by atoms with Crippen LogP contribution < -0.4 is 5.32 Å². The molecule has 4 nitrogen and oxygen atoms in total. The summed E-state index contributed by atoms with van der Waals surface area (Å²) in [4.78, 5) is 12.1. The van der Waals surface area contributed by atoms with Crippen molar-refractivity contribution in [3.05, 3.63) is 23.1 Å². The predicted octanol–water partition coefficient (Wildman–Crippen LogP) is 2.60. The first-order chi connectivity index (χ1) is 8.56. The van der Waals surface area contributed by atoms with E-state index in [1.165, 1.54) is 12.3 Å². The lowest BCUT2D eigenvalue weighted by Gasteiger charge is -2.38. The fourth-order valence-corrected chi connectivity index (χ4v) is 2.60. The molecule has 0 unspecified atom stereocenters. The maximum Gasteiger partial charge on any atom is 0.256 e. The molecule has 0 bridgehead atoms. The van der Waals surface area contributed by atoms with Crippen LogP contribution in [0.4, 0.5) is 0 Å². The highest BCUT2D eigenvalue weighted by Gasteiger charge is 2.35. The van der Waals surface area contributed by atoms with E-state index in [1.807, 2.05) is 0 Å². The van der Waals surface area contributed by atoms with Gasteiger partial charge in [-0.05, 0) is 49.3 Å². The van der Waals surface area contributed by atoms with Gasteiger partial charge < -0.3 is 14.8 Å². The molecule has 18 heavy (non-hydrogen) atoms. The summed E-state index contributed by atoms with van der Waals surface area (Å²) in [5, 5.41) is 12.6. The Hall–Kier alpha value is -1.00. The molecule has 2 N–H and O–H groups in total. The molecule has 5 heteroatoms. The zero-order valence-electron chi connectivity index (χ0n) is 10.4. The molecule has 0 aliphatic heterocycles. The van der Waals surface area contributed by atoms with E-state index in [4.69, 9.17) is 16.0 Å². The van der Waals surface area contributed by atoms with Crippen LogP contribution in [0.15, 0.2) is 16.7 Å². The Morgan fingerprint density at radius 1 is 1.61 bits per heavy atom. The summed E-state index contributed by atoms with van der Waals surface area (Å²) in [6.07, 6.45) is 5.00. The van der Waals surface area contributed by atoms with Crippen LogP contribution in [-0.2, 0) is 0 Å². The number of furan rings is 1. The minimum atomic E-state index is -0.510. The van der Waals surface area contributed by atoms with Gasteiger partial charge in [-0.2, -0.15) is 0 Å². The first kappa shape index (κ1) is 13.4. The SMILES string of the molecule is CC1CCC(CO)(NC(=O)c2ccoc2Cl)CC1. The maximum atomic E-state index is 12.1. The number of carbonyl (C=O) groups is 1. The van der Waals surface area contributed by atoms with Crippen LogP contribution in [0.25, 0.3) is 0 Å². The lowest BCUT2D eigenvalue weighted by atomic mass is 9.77. The van der Waals surface area contributed by atoms with Crippen LogP contribution in [0.2, 0.25) is 5.22 Å². The Morgan fingerprint density at radius 2 is 2.28 bits per heavy atom. The van der Waals surface area contributed by atoms with Crippen molar-refractivity contribution < 1.29 is 14.3 Å². The average Bonchev–Trinajstić information content (AvgIpc) is 2.79. The van der Waals surface area contributed by atoms with E-state index < -0.39 is 5.54 Å². The Kier molecular flexibility index (Phi) is 3.97. The zero-order valence-corrected chi connectivity index (χ0v) is 11.2. The molecule has 100 valence electrons. The van der Waals surface area contributed by atoms with Gasteiger partial charge in [0.05, 0.1) is 24.0 Å². The highest BCUT2D eigenvalue weighted by Crippen LogP contribution is 2.32. The summed E-state index contributed by atoms with van der Waals surface area (Å²) in [6, 6.07) is 1.54. The van der Waals surface area contributed by atoms with Crippen molar-refractivity contribution in [3.63, 3.8) is 0 Å². The van der Waals surface area contributed by atoms with E-state index >= 15 is 0 Å². The zero-order chi connectivity index (χ0) is 13.2. The number of amides is 1. The molecule has 2 rings (SSSR count). The standard InChI is InChI=1S/C13H18ClNO3/c1-9-2-5-13(8-16,6-3-9)15-12(17)10-4-7-18-11(10)14/h4,7,9,16H,2-3,5-6,8H2,1H3,(H,15,17). The number of aliphatic hydroxyl groups excluding tert-OH is 1. The molecule has 0 saturated heterocycles. The summed E-state index contributed by atoms with van der Waals surface area (Å²) >= 11 is 5.77. The van der Waals surface area contributed by atoms with Gasteiger partial charge in [0.2, 0.25) is 5.22 Å². The number of hydrogen-bond acceptors (Lipinski definition) is 3. The maximum absolute atomic E-state index is 12.1. The van der Waals surface area contributed by atoms with Gasteiger partial charge in [0.15, 0.2) is 0 Å². The van der Waals surface area contributed by atoms with Crippen LogP contribution in [0.3, 0.4) is 0 Å². The summed E-state index contributed by atoms with van der Waals surface area (Å²) < 4.78 is 4.90. The molecule has 1 amide bonds. The van der Waals surface area contributed by atoms with E-state index in [2.05, 4.69) is 12.2 Å². The predicted molar refractivity (Wildman–Crippen MR) is 68.6 cm³/mol.